The number of nitrogens with zero attached hydrogens (tertiary/aromatic N) is 1. The van der Waals surface area contributed by atoms with Gasteiger partial charge in [0.05, 0.1) is 0 Å². The van der Waals surface area contributed by atoms with Crippen LogP contribution in [-0.2, 0) is 4.79 Å². The second-order valence-corrected chi connectivity index (χ2v) is 3.95. The molecular weight excluding hydrogens is 188 g/mol. The maximum atomic E-state index is 11.6. The normalized spacial score (nSPS) is 12.2. The van der Waals surface area contributed by atoms with E-state index >= 15 is 0 Å². The lowest BCUT2D eigenvalue weighted by Crippen LogP contribution is -2.27. The summed E-state index contributed by atoms with van der Waals surface area (Å²) in [5.74, 6) is 0.793. The number of nitrogens with two attached hydrogens (primary N) is 1. The van der Waals surface area contributed by atoms with Crippen LogP contribution in [0.25, 0.3) is 0 Å². The molecule has 0 rings (SSSR count). The molecule has 1 amide bonds. The highest BCUT2D eigenvalue weighted by atomic mass is 16.2. The van der Waals surface area contributed by atoms with E-state index in [0.717, 1.165) is 25.8 Å². The highest BCUT2D eigenvalue weighted by Gasteiger charge is 2.11. The zero-order chi connectivity index (χ0) is 11.7. The Kier molecular flexibility index (Phi) is 8.01. The van der Waals surface area contributed by atoms with Crippen LogP contribution in [-0.4, -0.2) is 30.9 Å². The van der Waals surface area contributed by atoms with Crippen LogP contribution in [0.3, 0.4) is 0 Å². The summed E-state index contributed by atoms with van der Waals surface area (Å²) in [4.78, 5) is 13.3. The first-order valence-corrected chi connectivity index (χ1v) is 5.70. The van der Waals surface area contributed by atoms with E-state index in [0.29, 0.717) is 18.9 Å². The van der Waals surface area contributed by atoms with Crippen LogP contribution in [0.2, 0.25) is 0 Å². The molecule has 1 unspecified atom stereocenters. The van der Waals surface area contributed by atoms with Crippen LogP contribution in [0, 0.1) is 5.92 Å². The average molecular weight is 212 g/mol. The molecule has 0 fully saturated rings. The van der Waals surface area contributed by atoms with Crippen LogP contribution in [0.4, 0.5) is 0 Å². The van der Waals surface area contributed by atoms with Crippen molar-refractivity contribution in [1.29, 1.82) is 0 Å². The van der Waals surface area contributed by atoms with Crippen LogP contribution >= 0.6 is 0 Å². The summed E-state index contributed by atoms with van der Waals surface area (Å²) < 4.78 is 0. The molecule has 0 spiro atoms. The topological polar surface area (TPSA) is 46.3 Å². The second-order valence-electron chi connectivity index (χ2n) is 3.95. The zero-order valence-electron chi connectivity index (χ0n) is 10.0. The lowest BCUT2D eigenvalue weighted by Gasteiger charge is -2.17. The van der Waals surface area contributed by atoms with Gasteiger partial charge in [-0.2, -0.15) is 0 Å². The van der Waals surface area contributed by atoms with Gasteiger partial charge in [0.2, 0.25) is 5.91 Å². The third-order valence-electron chi connectivity index (χ3n) is 2.75. The standard InChI is InChI=1S/C12H24N2O/c1-4-10-14(3)12(15)7-6-11(5-2)8-9-13/h4,11H,1,5-10,13H2,2-3H3. The zero-order valence-corrected chi connectivity index (χ0v) is 10.0. The van der Waals surface area contributed by atoms with E-state index in [1.165, 1.54) is 0 Å². The van der Waals surface area contributed by atoms with Gasteiger partial charge in [0.15, 0.2) is 0 Å². The van der Waals surface area contributed by atoms with Gasteiger partial charge in [0.1, 0.15) is 0 Å². The summed E-state index contributed by atoms with van der Waals surface area (Å²) in [7, 11) is 1.81. The molecule has 0 bridgehead atoms. The maximum Gasteiger partial charge on any atom is 0.222 e. The van der Waals surface area contributed by atoms with E-state index in [9.17, 15) is 4.79 Å². The fraction of sp³-hybridized carbons (Fsp3) is 0.750. The first-order chi connectivity index (χ1) is 7.15. The van der Waals surface area contributed by atoms with E-state index in [1.54, 1.807) is 11.0 Å². The summed E-state index contributed by atoms with van der Waals surface area (Å²) in [6.07, 6.45) is 5.45. The van der Waals surface area contributed by atoms with Gasteiger partial charge in [-0.1, -0.05) is 19.4 Å². The molecule has 0 aromatic rings. The molecule has 0 aliphatic carbocycles. The van der Waals surface area contributed by atoms with E-state index in [4.69, 9.17) is 5.73 Å². The number of carbonyl (C=O) groups is 1. The average Bonchev–Trinajstić information content (AvgIpc) is 2.24. The summed E-state index contributed by atoms with van der Waals surface area (Å²) in [6.45, 7) is 7.11. The molecule has 3 heteroatoms. The van der Waals surface area contributed by atoms with E-state index in [-0.39, 0.29) is 5.91 Å². The Bertz CT molecular complexity index is 192. The van der Waals surface area contributed by atoms with Crippen molar-refractivity contribution in [3.05, 3.63) is 12.7 Å². The Labute approximate surface area is 93.3 Å². The van der Waals surface area contributed by atoms with E-state index in [1.807, 2.05) is 7.05 Å². The van der Waals surface area contributed by atoms with Crippen molar-refractivity contribution in [3.63, 3.8) is 0 Å². The Morgan fingerprint density at radius 1 is 1.53 bits per heavy atom. The lowest BCUT2D eigenvalue weighted by atomic mass is 9.96. The quantitative estimate of drug-likeness (QED) is 0.623. The monoisotopic (exact) mass is 212 g/mol. The third kappa shape index (κ3) is 6.28. The molecule has 0 aromatic carbocycles. The molecular formula is C12H24N2O. The minimum atomic E-state index is 0.199. The van der Waals surface area contributed by atoms with Crippen molar-refractivity contribution in [2.45, 2.75) is 32.6 Å². The van der Waals surface area contributed by atoms with Gasteiger partial charge in [-0.3, -0.25) is 4.79 Å². The smallest absolute Gasteiger partial charge is 0.222 e. The predicted octanol–water partition coefficient (Wildman–Crippen LogP) is 1.79. The molecule has 0 heterocycles. The van der Waals surface area contributed by atoms with Gasteiger partial charge in [-0.25, -0.2) is 0 Å². The molecule has 0 saturated carbocycles. The Balaban J connectivity index is 3.81. The van der Waals surface area contributed by atoms with Crippen LogP contribution in [0.5, 0.6) is 0 Å². The third-order valence-corrected chi connectivity index (χ3v) is 2.75. The number of hydrogen-bond acceptors (Lipinski definition) is 2. The van der Waals surface area contributed by atoms with E-state index in [2.05, 4.69) is 13.5 Å². The molecule has 1 atom stereocenters. The van der Waals surface area contributed by atoms with Crippen molar-refractivity contribution >= 4 is 5.91 Å². The fourth-order valence-corrected chi connectivity index (χ4v) is 1.60. The minimum absolute atomic E-state index is 0.199. The molecule has 0 aliphatic heterocycles. The molecule has 0 aromatic heterocycles. The molecule has 2 N–H and O–H groups in total. The largest absolute Gasteiger partial charge is 0.342 e. The van der Waals surface area contributed by atoms with Crippen molar-refractivity contribution in [2.24, 2.45) is 11.7 Å². The van der Waals surface area contributed by atoms with Gasteiger partial charge in [-0.05, 0) is 25.3 Å². The highest BCUT2D eigenvalue weighted by molar-refractivity contribution is 5.75. The van der Waals surface area contributed by atoms with Gasteiger partial charge in [0.25, 0.3) is 0 Å². The number of amides is 1. The highest BCUT2D eigenvalue weighted by Crippen LogP contribution is 2.15. The SMILES string of the molecule is C=CCN(C)C(=O)CCC(CC)CCN. The fourth-order valence-electron chi connectivity index (χ4n) is 1.60. The second kappa shape index (κ2) is 8.48. The van der Waals surface area contributed by atoms with Gasteiger partial charge in [-0.15, -0.1) is 6.58 Å². The molecule has 88 valence electrons. The first-order valence-electron chi connectivity index (χ1n) is 5.70. The molecule has 0 saturated heterocycles. The molecule has 15 heavy (non-hydrogen) atoms. The summed E-state index contributed by atoms with van der Waals surface area (Å²) in [5, 5.41) is 0. The molecule has 3 nitrogen and oxygen atoms in total. The van der Waals surface area contributed by atoms with Crippen molar-refractivity contribution in [3.8, 4) is 0 Å². The van der Waals surface area contributed by atoms with Crippen LogP contribution in [0.1, 0.15) is 32.6 Å². The number of hydrogen-bond donors (Lipinski definition) is 1. The summed E-state index contributed by atoms with van der Waals surface area (Å²) >= 11 is 0. The van der Waals surface area contributed by atoms with Crippen molar-refractivity contribution < 1.29 is 4.79 Å². The maximum absolute atomic E-state index is 11.6. The van der Waals surface area contributed by atoms with Crippen LogP contribution in [0.15, 0.2) is 12.7 Å². The molecule has 0 aliphatic rings. The number of rotatable bonds is 8. The van der Waals surface area contributed by atoms with Gasteiger partial charge < -0.3 is 10.6 Å². The first kappa shape index (κ1) is 14.2. The summed E-state index contributed by atoms with van der Waals surface area (Å²) in [6, 6.07) is 0. The Morgan fingerprint density at radius 2 is 2.20 bits per heavy atom. The Morgan fingerprint density at radius 3 is 2.67 bits per heavy atom. The van der Waals surface area contributed by atoms with Crippen LogP contribution < -0.4 is 5.73 Å². The number of likely N-dealkylation sites (N-methyl/N-ethyl adjacent to an activating group) is 1. The van der Waals surface area contributed by atoms with Crippen molar-refractivity contribution in [1.82, 2.24) is 4.90 Å². The molecule has 0 radical (unpaired) electrons. The van der Waals surface area contributed by atoms with Gasteiger partial charge in [0, 0.05) is 20.0 Å². The van der Waals surface area contributed by atoms with Gasteiger partial charge >= 0.3 is 0 Å². The number of carbonyl (C=O) groups excluding carboxylic acids is 1. The summed E-state index contributed by atoms with van der Waals surface area (Å²) in [5.41, 5.74) is 5.51. The Hall–Kier alpha value is -0.830. The minimum Gasteiger partial charge on any atom is -0.342 e. The predicted molar refractivity (Wildman–Crippen MR) is 64.5 cm³/mol. The van der Waals surface area contributed by atoms with Crippen molar-refractivity contribution in [2.75, 3.05) is 20.1 Å². The van der Waals surface area contributed by atoms with E-state index < -0.39 is 0 Å². The lowest BCUT2D eigenvalue weighted by molar-refractivity contribution is -0.129.